The summed E-state index contributed by atoms with van der Waals surface area (Å²) < 4.78 is 14.9. The summed E-state index contributed by atoms with van der Waals surface area (Å²) in [4.78, 5) is 1.23. The molecule has 1 unspecified atom stereocenters. The Morgan fingerprint density at radius 3 is 2.84 bits per heavy atom. The van der Waals surface area contributed by atoms with Crippen LogP contribution >= 0.6 is 38.9 Å². The molecule has 0 radical (unpaired) electrons. The SMILES string of the molecule is CCNC(Cc1cccs1)c1ccc(Br)c(Cl)c1F. The maximum absolute atomic E-state index is 14.3. The molecule has 1 nitrogen and oxygen atoms in total. The number of likely N-dealkylation sites (N-methyl/N-ethyl adjacent to an activating group) is 1. The Morgan fingerprint density at radius 1 is 1.42 bits per heavy atom. The maximum Gasteiger partial charge on any atom is 0.147 e. The number of benzene rings is 1. The molecule has 1 heterocycles. The fraction of sp³-hybridized carbons (Fsp3) is 0.286. The standard InChI is InChI=1S/C14H14BrClFNS/c1-2-18-12(8-9-4-3-7-19-9)10-5-6-11(15)13(16)14(10)17/h3-7,12,18H,2,8H2,1H3. The number of hydrogen-bond donors (Lipinski definition) is 1. The van der Waals surface area contributed by atoms with Gasteiger partial charge in [-0.1, -0.05) is 30.7 Å². The molecule has 0 spiro atoms. The van der Waals surface area contributed by atoms with Crippen molar-refractivity contribution in [1.82, 2.24) is 5.32 Å². The summed E-state index contributed by atoms with van der Waals surface area (Å²) in [5.41, 5.74) is 0.614. The molecule has 5 heteroatoms. The van der Waals surface area contributed by atoms with Crippen molar-refractivity contribution in [3.8, 4) is 0 Å². The van der Waals surface area contributed by atoms with Crippen LogP contribution in [-0.2, 0) is 6.42 Å². The molecular weight excluding hydrogens is 349 g/mol. The van der Waals surface area contributed by atoms with Crippen LogP contribution < -0.4 is 5.32 Å². The molecule has 0 fully saturated rings. The normalized spacial score (nSPS) is 12.6. The first-order valence-corrected chi connectivity index (χ1v) is 8.07. The zero-order valence-corrected chi connectivity index (χ0v) is 13.6. The van der Waals surface area contributed by atoms with E-state index in [1.807, 2.05) is 18.4 Å². The van der Waals surface area contributed by atoms with Gasteiger partial charge >= 0.3 is 0 Å². The van der Waals surface area contributed by atoms with E-state index in [9.17, 15) is 4.39 Å². The van der Waals surface area contributed by atoms with Crippen molar-refractivity contribution >= 4 is 38.9 Å². The second-order valence-electron chi connectivity index (χ2n) is 4.16. The number of hydrogen-bond acceptors (Lipinski definition) is 2. The molecule has 0 amide bonds. The molecule has 1 aromatic carbocycles. The van der Waals surface area contributed by atoms with E-state index in [1.165, 1.54) is 4.88 Å². The predicted octanol–water partition coefficient (Wildman–Crippen LogP) is 5.20. The molecule has 0 saturated heterocycles. The fourth-order valence-electron chi connectivity index (χ4n) is 1.98. The van der Waals surface area contributed by atoms with Crippen LogP contribution in [0, 0.1) is 5.82 Å². The monoisotopic (exact) mass is 361 g/mol. The minimum Gasteiger partial charge on any atom is -0.310 e. The van der Waals surface area contributed by atoms with Crippen molar-refractivity contribution < 1.29 is 4.39 Å². The molecular formula is C14H14BrClFNS. The Hall–Kier alpha value is -0.420. The van der Waals surface area contributed by atoms with E-state index in [1.54, 1.807) is 23.5 Å². The number of rotatable bonds is 5. The van der Waals surface area contributed by atoms with Gasteiger partial charge < -0.3 is 5.32 Å². The second kappa shape index (κ2) is 6.84. The lowest BCUT2D eigenvalue weighted by Gasteiger charge is -2.19. The highest BCUT2D eigenvalue weighted by atomic mass is 79.9. The Bertz CT molecular complexity index is 545. The van der Waals surface area contributed by atoms with E-state index >= 15 is 0 Å². The molecule has 0 saturated carbocycles. The van der Waals surface area contributed by atoms with Crippen molar-refractivity contribution in [2.45, 2.75) is 19.4 Å². The third-order valence-electron chi connectivity index (χ3n) is 2.88. The summed E-state index contributed by atoms with van der Waals surface area (Å²) in [6.07, 6.45) is 0.764. The second-order valence-corrected chi connectivity index (χ2v) is 6.42. The molecule has 1 aromatic heterocycles. The van der Waals surface area contributed by atoms with E-state index in [4.69, 9.17) is 11.6 Å². The largest absolute Gasteiger partial charge is 0.310 e. The minimum atomic E-state index is -0.349. The summed E-state index contributed by atoms with van der Waals surface area (Å²) >= 11 is 10.9. The molecule has 0 aliphatic carbocycles. The van der Waals surface area contributed by atoms with Crippen LogP contribution in [0.4, 0.5) is 4.39 Å². The molecule has 1 N–H and O–H groups in total. The number of thiophene rings is 1. The molecule has 0 aliphatic heterocycles. The summed E-state index contributed by atoms with van der Waals surface area (Å²) in [6.45, 7) is 2.79. The number of halogens is 3. The Balaban J connectivity index is 2.31. The molecule has 2 aromatic rings. The van der Waals surface area contributed by atoms with Gasteiger partial charge in [-0.2, -0.15) is 0 Å². The Morgan fingerprint density at radius 2 is 2.21 bits per heavy atom. The van der Waals surface area contributed by atoms with Gasteiger partial charge in [0.1, 0.15) is 5.82 Å². The first-order chi connectivity index (χ1) is 9.13. The Kier molecular flexibility index (Phi) is 5.39. The number of nitrogens with one attached hydrogen (secondary N) is 1. The van der Waals surface area contributed by atoms with Crippen LogP contribution in [0.2, 0.25) is 5.02 Å². The van der Waals surface area contributed by atoms with Crippen molar-refractivity contribution in [3.63, 3.8) is 0 Å². The summed E-state index contributed by atoms with van der Waals surface area (Å²) in [5, 5.41) is 5.49. The van der Waals surface area contributed by atoms with Gasteiger partial charge in [-0.3, -0.25) is 0 Å². The molecule has 0 bridgehead atoms. The van der Waals surface area contributed by atoms with Crippen molar-refractivity contribution in [3.05, 3.63) is 55.4 Å². The first-order valence-electron chi connectivity index (χ1n) is 6.02. The van der Waals surface area contributed by atoms with E-state index in [0.29, 0.717) is 10.0 Å². The minimum absolute atomic E-state index is 0.0609. The summed E-state index contributed by atoms with van der Waals surface area (Å²) in [6, 6.07) is 7.58. The predicted molar refractivity (Wildman–Crippen MR) is 83.6 cm³/mol. The van der Waals surface area contributed by atoms with E-state index in [2.05, 4.69) is 27.3 Å². The lowest BCUT2D eigenvalue weighted by atomic mass is 10.0. The molecule has 102 valence electrons. The van der Waals surface area contributed by atoms with Gasteiger partial charge in [0.2, 0.25) is 0 Å². The van der Waals surface area contributed by atoms with E-state index < -0.39 is 0 Å². The van der Waals surface area contributed by atoms with Gasteiger partial charge in [-0.05, 0) is 40.0 Å². The highest BCUT2D eigenvalue weighted by Gasteiger charge is 2.19. The van der Waals surface area contributed by atoms with Gasteiger partial charge in [0.25, 0.3) is 0 Å². The van der Waals surface area contributed by atoms with Crippen molar-refractivity contribution in [1.29, 1.82) is 0 Å². The maximum atomic E-state index is 14.3. The van der Waals surface area contributed by atoms with Gasteiger partial charge in [0, 0.05) is 27.4 Å². The smallest absolute Gasteiger partial charge is 0.147 e. The van der Waals surface area contributed by atoms with Crippen LogP contribution in [0.1, 0.15) is 23.4 Å². The molecule has 0 aliphatic rings. The van der Waals surface area contributed by atoms with Crippen LogP contribution in [0.5, 0.6) is 0 Å². The van der Waals surface area contributed by atoms with E-state index in [-0.39, 0.29) is 16.9 Å². The topological polar surface area (TPSA) is 12.0 Å². The average molecular weight is 363 g/mol. The van der Waals surface area contributed by atoms with Crippen LogP contribution in [-0.4, -0.2) is 6.54 Å². The van der Waals surface area contributed by atoms with Crippen molar-refractivity contribution in [2.75, 3.05) is 6.54 Å². The third kappa shape index (κ3) is 3.57. The fourth-order valence-corrected chi connectivity index (χ4v) is 3.21. The Labute approximate surface area is 129 Å². The molecule has 19 heavy (non-hydrogen) atoms. The quantitative estimate of drug-likeness (QED) is 0.721. The van der Waals surface area contributed by atoms with Crippen LogP contribution in [0.3, 0.4) is 0 Å². The lowest BCUT2D eigenvalue weighted by molar-refractivity contribution is 0.512. The van der Waals surface area contributed by atoms with Gasteiger partial charge in [-0.15, -0.1) is 11.3 Å². The molecule has 1 atom stereocenters. The van der Waals surface area contributed by atoms with Crippen LogP contribution in [0.15, 0.2) is 34.1 Å². The summed E-state index contributed by atoms with van der Waals surface area (Å²) in [5.74, 6) is -0.349. The lowest BCUT2D eigenvalue weighted by Crippen LogP contribution is -2.23. The van der Waals surface area contributed by atoms with Crippen LogP contribution in [0.25, 0.3) is 0 Å². The highest BCUT2D eigenvalue weighted by molar-refractivity contribution is 9.10. The van der Waals surface area contributed by atoms with Gasteiger partial charge in [0.05, 0.1) is 5.02 Å². The third-order valence-corrected chi connectivity index (χ3v) is 5.03. The molecule has 2 rings (SSSR count). The van der Waals surface area contributed by atoms with Gasteiger partial charge in [0.15, 0.2) is 0 Å². The highest BCUT2D eigenvalue weighted by Crippen LogP contribution is 2.32. The zero-order chi connectivity index (χ0) is 13.8. The van der Waals surface area contributed by atoms with E-state index in [0.717, 1.165) is 13.0 Å². The first kappa shape index (κ1) is 15.0. The average Bonchev–Trinajstić information content (AvgIpc) is 2.89. The van der Waals surface area contributed by atoms with Crippen molar-refractivity contribution in [2.24, 2.45) is 0 Å². The zero-order valence-electron chi connectivity index (χ0n) is 10.4. The van der Waals surface area contributed by atoms with Gasteiger partial charge in [-0.25, -0.2) is 4.39 Å². The summed E-state index contributed by atoms with van der Waals surface area (Å²) in [7, 11) is 0.